The lowest BCUT2D eigenvalue weighted by atomic mass is 10.1. The lowest BCUT2D eigenvalue weighted by molar-refractivity contribution is 0.242. The van der Waals surface area contributed by atoms with Crippen molar-refractivity contribution in [3.05, 3.63) is 24.3 Å². The number of hydrogen-bond acceptors (Lipinski definition) is 5. The van der Waals surface area contributed by atoms with E-state index < -0.39 is 19.8 Å². The molecule has 0 bridgehead atoms. The molecule has 1 fully saturated rings. The molecule has 1 saturated heterocycles. The predicted molar refractivity (Wildman–Crippen MR) is 82.1 cm³/mol. The second-order valence-electron chi connectivity index (χ2n) is 5.23. The van der Waals surface area contributed by atoms with Crippen LogP contribution in [0.15, 0.2) is 34.1 Å². The highest BCUT2D eigenvalue weighted by Crippen LogP contribution is 2.29. The number of nitrogens with one attached hydrogen (secondary N) is 1. The smallest absolute Gasteiger partial charge is 0.239 e. The summed E-state index contributed by atoms with van der Waals surface area (Å²) in [7, 11) is -7.17. The van der Waals surface area contributed by atoms with Gasteiger partial charge in [-0.05, 0) is 44.6 Å². The third-order valence-corrected chi connectivity index (χ3v) is 7.45. The van der Waals surface area contributed by atoms with Crippen LogP contribution >= 0.6 is 0 Å². The van der Waals surface area contributed by atoms with Crippen LogP contribution in [0, 0.1) is 4.78 Å². The minimum Gasteiger partial charge on any atom is -0.304 e. The van der Waals surface area contributed by atoms with E-state index in [4.69, 9.17) is 9.92 Å². The van der Waals surface area contributed by atoms with E-state index in [1.165, 1.54) is 18.2 Å². The minimum atomic E-state index is -3.98. The molecule has 0 aliphatic carbocycles. The molecule has 118 valence electrons. The number of hydrogen-bond donors (Lipinski definition) is 2. The van der Waals surface area contributed by atoms with Crippen LogP contribution in [0.1, 0.15) is 19.8 Å². The van der Waals surface area contributed by atoms with Crippen molar-refractivity contribution in [3.8, 4) is 0 Å². The summed E-state index contributed by atoms with van der Waals surface area (Å²) < 4.78 is 44.5. The molecule has 1 aliphatic rings. The van der Waals surface area contributed by atoms with Crippen LogP contribution in [-0.4, -0.2) is 42.4 Å². The van der Waals surface area contributed by atoms with E-state index in [-0.39, 0.29) is 15.0 Å². The average molecular weight is 331 g/mol. The van der Waals surface area contributed by atoms with Crippen LogP contribution in [0.25, 0.3) is 0 Å². The van der Waals surface area contributed by atoms with Gasteiger partial charge in [0.15, 0.2) is 0 Å². The fraction of sp³-hybridized carbons (Fsp3) is 0.538. The van der Waals surface area contributed by atoms with Crippen molar-refractivity contribution < 1.29 is 12.6 Å². The fourth-order valence-corrected chi connectivity index (χ4v) is 5.89. The van der Waals surface area contributed by atoms with Gasteiger partial charge >= 0.3 is 0 Å². The van der Waals surface area contributed by atoms with E-state index in [9.17, 15) is 12.6 Å². The molecule has 0 spiro atoms. The van der Waals surface area contributed by atoms with Crippen molar-refractivity contribution in [1.29, 1.82) is 4.78 Å². The van der Waals surface area contributed by atoms with Crippen molar-refractivity contribution in [1.82, 2.24) is 4.90 Å². The van der Waals surface area contributed by atoms with Gasteiger partial charge in [-0.25, -0.2) is 22.5 Å². The molecule has 2 rings (SSSR count). The first kappa shape index (κ1) is 16.4. The maximum atomic E-state index is 12.9. The third-order valence-electron chi connectivity index (χ3n) is 3.93. The highest BCUT2D eigenvalue weighted by Gasteiger charge is 2.31. The zero-order chi connectivity index (χ0) is 15.7. The summed E-state index contributed by atoms with van der Waals surface area (Å²) in [5.74, 6) is 0. The first-order valence-corrected chi connectivity index (χ1v) is 10.1. The second-order valence-corrected chi connectivity index (χ2v) is 9.06. The number of sulfonamides is 1. The van der Waals surface area contributed by atoms with Crippen LogP contribution < -0.4 is 5.14 Å². The van der Waals surface area contributed by atoms with Gasteiger partial charge in [0.1, 0.15) is 0 Å². The van der Waals surface area contributed by atoms with Crippen LogP contribution in [0.4, 0.5) is 0 Å². The molecule has 0 aromatic heterocycles. The first-order valence-electron chi connectivity index (χ1n) is 6.88. The highest BCUT2D eigenvalue weighted by atomic mass is 32.2. The molecule has 1 heterocycles. The lowest BCUT2D eigenvalue weighted by Gasteiger charge is -2.32. The topological polar surface area (TPSA) is 104 Å². The Morgan fingerprint density at radius 2 is 1.71 bits per heavy atom. The third kappa shape index (κ3) is 3.45. The summed E-state index contributed by atoms with van der Waals surface area (Å²) in [6.45, 7) is 4.57. The summed E-state index contributed by atoms with van der Waals surface area (Å²) in [6.07, 6.45) is 1.27. The molecule has 1 atom stereocenters. The van der Waals surface area contributed by atoms with Crippen molar-refractivity contribution in [2.24, 2.45) is 5.14 Å². The van der Waals surface area contributed by atoms with Crippen molar-refractivity contribution >= 4 is 19.8 Å². The molecule has 1 aliphatic heterocycles. The lowest BCUT2D eigenvalue weighted by Crippen LogP contribution is -2.39. The second kappa shape index (κ2) is 6.04. The quantitative estimate of drug-likeness (QED) is 0.865. The maximum Gasteiger partial charge on any atom is 0.239 e. The van der Waals surface area contributed by atoms with Gasteiger partial charge in [-0.2, -0.15) is 0 Å². The molecule has 1 unspecified atom stereocenters. The Morgan fingerprint density at radius 3 is 2.19 bits per heavy atom. The fourth-order valence-electron chi connectivity index (χ4n) is 2.67. The molecule has 1 aromatic carbocycles. The van der Waals surface area contributed by atoms with Gasteiger partial charge in [-0.15, -0.1) is 0 Å². The Morgan fingerprint density at radius 1 is 1.19 bits per heavy atom. The Hall–Kier alpha value is -0.960. The maximum absolute atomic E-state index is 12.9. The zero-order valence-electron chi connectivity index (χ0n) is 12.0. The molecular formula is C13H21N3O3S2. The number of nitrogens with two attached hydrogens (primary N) is 1. The Bertz CT molecular complexity index is 706. The number of likely N-dealkylation sites (tertiary alicyclic amines) is 1. The molecule has 21 heavy (non-hydrogen) atoms. The van der Waals surface area contributed by atoms with E-state index in [1.54, 1.807) is 6.07 Å². The Labute approximate surface area is 126 Å². The van der Waals surface area contributed by atoms with Crippen LogP contribution in [0.3, 0.4) is 0 Å². The monoisotopic (exact) mass is 331 g/mol. The normalized spacial score (nSPS) is 21.0. The van der Waals surface area contributed by atoms with Gasteiger partial charge in [0.05, 0.1) is 19.5 Å². The molecule has 6 nitrogen and oxygen atoms in total. The van der Waals surface area contributed by atoms with Gasteiger partial charge in [-0.1, -0.05) is 19.1 Å². The van der Waals surface area contributed by atoms with E-state index in [0.717, 1.165) is 19.6 Å². The Balaban J connectivity index is 2.38. The molecule has 3 N–H and O–H groups in total. The van der Waals surface area contributed by atoms with Gasteiger partial charge < -0.3 is 4.90 Å². The number of rotatable bonds is 4. The standard InChI is InChI=1S/C13H21N3O3S2/c1-2-16-9-7-11(8-10-16)20(14,17)12-5-3-4-6-13(12)21(15,18)19/h3-6,11,14H,2,7-10H2,1H3,(H2,15,18,19). The van der Waals surface area contributed by atoms with Gasteiger partial charge in [0.2, 0.25) is 10.0 Å². The number of primary sulfonamides is 1. The summed E-state index contributed by atoms with van der Waals surface area (Å²) >= 11 is 0. The van der Waals surface area contributed by atoms with Crippen LogP contribution in [-0.2, 0) is 19.8 Å². The van der Waals surface area contributed by atoms with Gasteiger partial charge in [0.25, 0.3) is 0 Å². The largest absolute Gasteiger partial charge is 0.304 e. The van der Waals surface area contributed by atoms with E-state index in [2.05, 4.69) is 11.8 Å². The summed E-state index contributed by atoms with van der Waals surface area (Å²) in [5, 5.41) is 4.85. The molecule has 8 heteroatoms. The molecule has 0 saturated carbocycles. The number of benzene rings is 1. The summed E-state index contributed by atoms with van der Waals surface area (Å²) in [6, 6.07) is 5.89. The predicted octanol–water partition coefficient (Wildman–Crippen LogP) is 1.22. The summed E-state index contributed by atoms with van der Waals surface area (Å²) in [5.41, 5.74) is 0. The van der Waals surface area contributed by atoms with E-state index in [1.807, 2.05) is 0 Å². The highest BCUT2D eigenvalue weighted by molar-refractivity contribution is 7.94. The van der Waals surface area contributed by atoms with Crippen molar-refractivity contribution in [3.63, 3.8) is 0 Å². The van der Waals surface area contributed by atoms with Crippen molar-refractivity contribution in [2.45, 2.75) is 34.8 Å². The van der Waals surface area contributed by atoms with Crippen LogP contribution in [0.2, 0.25) is 0 Å². The number of piperidine rings is 1. The molecular weight excluding hydrogens is 310 g/mol. The van der Waals surface area contributed by atoms with Gasteiger partial charge in [0, 0.05) is 5.25 Å². The summed E-state index contributed by atoms with van der Waals surface area (Å²) in [4.78, 5) is 2.09. The Kier molecular flexibility index (Phi) is 4.72. The van der Waals surface area contributed by atoms with E-state index in [0.29, 0.717) is 12.8 Å². The average Bonchev–Trinajstić information content (AvgIpc) is 2.46. The van der Waals surface area contributed by atoms with Crippen molar-refractivity contribution in [2.75, 3.05) is 19.6 Å². The zero-order valence-corrected chi connectivity index (χ0v) is 13.6. The SMILES string of the molecule is CCN1CCC(S(=N)(=O)c2ccccc2S(N)(=O)=O)CC1. The molecule has 0 amide bonds. The van der Waals surface area contributed by atoms with Crippen LogP contribution in [0.5, 0.6) is 0 Å². The molecule has 0 radical (unpaired) electrons. The molecule has 1 aromatic rings. The van der Waals surface area contributed by atoms with Gasteiger partial charge in [-0.3, -0.25) is 0 Å². The first-order chi connectivity index (χ1) is 9.76. The minimum absolute atomic E-state index is 0.0439. The number of nitrogens with zero attached hydrogens (tertiary/aromatic N) is 1. The van der Waals surface area contributed by atoms with E-state index >= 15 is 0 Å².